The average molecular weight is 580 g/mol. The summed E-state index contributed by atoms with van der Waals surface area (Å²) < 4.78 is 28.3. The monoisotopic (exact) mass is 579 g/mol. The summed E-state index contributed by atoms with van der Waals surface area (Å²) in [4.78, 5) is 28.9. The molecule has 4 rings (SSSR count). The number of amides is 1. The van der Waals surface area contributed by atoms with E-state index in [4.69, 9.17) is 11.6 Å². The Morgan fingerprint density at radius 2 is 1.52 bits per heavy atom. The third kappa shape index (κ3) is 7.44. The van der Waals surface area contributed by atoms with Gasteiger partial charge in [0.1, 0.15) is 11.8 Å². The number of phenolic OH excluding ortho intramolecular Hbond substituents is 1. The molecule has 1 aromatic heterocycles. The van der Waals surface area contributed by atoms with Gasteiger partial charge in [-0.25, -0.2) is 13.2 Å². The van der Waals surface area contributed by atoms with Gasteiger partial charge in [-0.2, -0.15) is 4.31 Å². The largest absolute Gasteiger partial charge is 0.508 e. The molecule has 3 N–H and O–H groups in total. The molecule has 11 heteroatoms. The molecule has 206 valence electrons. The molecular formula is C29H26ClN3O6S. The van der Waals surface area contributed by atoms with E-state index in [0.29, 0.717) is 21.8 Å². The Balaban J connectivity index is 1.50. The molecule has 0 aliphatic carbocycles. The number of phenols is 1. The van der Waals surface area contributed by atoms with Gasteiger partial charge in [-0.1, -0.05) is 41.9 Å². The molecule has 4 aromatic rings. The maximum Gasteiger partial charge on any atom is 0.326 e. The predicted octanol–water partition coefficient (Wildman–Crippen LogP) is 4.26. The van der Waals surface area contributed by atoms with E-state index in [1.165, 1.54) is 52.8 Å². The Labute approximate surface area is 236 Å². The molecule has 0 bridgehead atoms. The van der Waals surface area contributed by atoms with Crippen molar-refractivity contribution in [2.45, 2.75) is 30.4 Å². The number of nitrogens with one attached hydrogen (secondary N) is 1. The van der Waals surface area contributed by atoms with Crippen LogP contribution in [0.15, 0.2) is 102 Å². The molecule has 1 amide bonds. The fourth-order valence-corrected chi connectivity index (χ4v) is 5.45. The minimum Gasteiger partial charge on any atom is -0.508 e. The number of carboxylic acids is 1. The molecule has 0 aliphatic heterocycles. The second-order valence-electron chi connectivity index (χ2n) is 8.98. The molecule has 0 aliphatic rings. The molecule has 0 radical (unpaired) electrons. The first-order chi connectivity index (χ1) is 19.1. The van der Waals surface area contributed by atoms with E-state index in [-0.39, 0.29) is 35.7 Å². The molecule has 1 atom stereocenters. The van der Waals surface area contributed by atoms with Crippen LogP contribution in [0.5, 0.6) is 5.75 Å². The lowest BCUT2D eigenvalue weighted by atomic mass is 10.0. The number of pyridine rings is 1. The average Bonchev–Trinajstić information content (AvgIpc) is 2.94. The van der Waals surface area contributed by atoms with Crippen LogP contribution < -0.4 is 5.32 Å². The van der Waals surface area contributed by atoms with Crippen LogP contribution in [0.25, 0.3) is 0 Å². The molecule has 1 unspecified atom stereocenters. The normalized spacial score (nSPS) is 12.2. The van der Waals surface area contributed by atoms with Crippen LogP contribution in [0.3, 0.4) is 0 Å². The minimum atomic E-state index is -3.92. The smallest absolute Gasteiger partial charge is 0.326 e. The Morgan fingerprint density at radius 3 is 2.12 bits per heavy atom. The summed E-state index contributed by atoms with van der Waals surface area (Å²) in [5, 5.41) is 21.9. The van der Waals surface area contributed by atoms with Crippen LogP contribution >= 0.6 is 11.6 Å². The van der Waals surface area contributed by atoms with Crippen molar-refractivity contribution in [3.63, 3.8) is 0 Å². The molecular weight excluding hydrogens is 554 g/mol. The summed E-state index contributed by atoms with van der Waals surface area (Å²) in [7, 11) is -3.92. The number of nitrogens with zero attached hydrogens (tertiary/aromatic N) is 2. The highest BCUT2D eigenvalue weighted by atomic mass is 35.5. The highest BCUT2D eigenvalue weighted by Crippen LogP contribution is 2.23. The Bertz CT molecular complexity index is 1560. The molecule has 40 heavy (non-hydrogen) atoms. The van der Waals surface area contributed by atoms with Crippen molar-refractivity contribution in [3.05, 3.63) is 125 Å². The summed E-state index contributed by atoms with van der Waals surface area (Å²) >= 11 is 5.94. The molecule has 0 saturated carbocycles. The van der Waals surface area contributed by atoms with E-state index >= 15 is 0 Å². The van der Waals surface area contributed by atoms with E-state index in [2.05, 4.69) is 10.3 Å². The summed E-state index contributed by atoms with van der Waals surface area (Å²) in [5.74, 6) is -1.73. The number of hydrogen-bond acceptors (Lipinski definition) is 6. The highest BCUT2D eigenvalue weighted by Gasteiger charge is 2.26. The van der Waals surface area contributed by atoms with Gasteiger partial charge in [-0.05, 0) is 71.8 Å². The van der Waals surface area contributed by atoms with Crippen molar-refractivity contribution in [3.8, 4) is 5.75 Å². The van der Waals surface area contributed by atoms with Gasteiger partial charge in [-0.3, -0.25) is 9.78 Å². The van der Waals surface area contributed by atoms with Gasteiger partial charge in [0.05, 0.1) is 17.1 Å². The number of sulfonamides is 1. The molecule has 9 nitrogen and oxygen atoms in total. The number of rotatable bonds is 11. The van der Waals surface area contributed by atoms with Gasteiger partial charge in [0.2, 0.25) is 10.0 Å². The minimum absolute atomic E-state index is 0.00202. The van der Waals surface area contributed by atoms with Crippen LogP contribution in [-0.2, 0) is 34.3 Å². The van der Waals surface area contributed by atoms with E-state index < -0.39 is 27.9 Å². The van der Waals surface area contributed by atoms with Gasteiger partial charge in [0.25, 0.3) is 5.91 Å². The second-order valence-corrected chi connectivity index (χ2v) is 11.4. The zero-order valence-corrected chi connectivity index (χ0v) is 22.7. The predicted molar refractivity (Wildman–Crippen MR) is 149 cm³/mol. The van der Waals surface area contributed by atoms with Crippen LogP contribution in [-0.4, -0.2) is 45.8 Å². The van der Waals surface area contributed by atoms with E-state index in [0.717, 1.165) is 0 Å². The number of carbonyl (C=O) groups is 2. The topological polar surface area (TPSA) is 137 Å². The number of carboxylic acid groups (broad SMARTS) is 1. The van der Waals surface area contributed by atoms with Crippen molar-refractivity contribution < 1.29 is 28.2 Å². The summed E-state index contributed by atoms with van der Waals surface area (Å²) in [6, 6.07) is 22.3. The maximum absolute atomic E-state index is 13.5. The third-order valence-corrected chi connectivity index (χ3v) is 8.13. The van der Waals surface area contributed by atoms with Gasteiger partial charge >= 0.3 is 5.97 Å². The number of halogens is 1. The standard InChI is InChI=1S/C29H26ClN3O6S/c30-23-10-14-26(15-11-23)40(38,39)33(19-24-3-1-2-16-31-24)18-21-4-8-22(9-5-21)28(35)32-27(29(36)37)17-20-6-12-25(34)13-7-20/h1-16,27,34H,17-19H2,(H,32,35)(H,36,37). The van der Waals surface area contributed by atoms with Crippen LogP contribution in [0, 0.1) is 0 Å². The molecule has 0 spiro atoms. The lowest BCUT2D eigenvalue weighted by molar-refractivity contribution is -0.139. The first-order valence-electron chi connectivity index (χ1n) is 12.2. The lowest BCUT2D eigenvalue weighted by Crippen LogP contribution is -2.42. The quantitative estimate of drug-likeness (QED) is 0.241. The lowest BCUT2D eigenvalue weighted by Gasteiger charge is -2.22. The van der Waals surface area contributed by atoms with Crippen molar-refractivity contribution in [2.75, 3.05) is 0 Å². The van der Waals surface area contributed by atoms with Crippen LogP contribution in [0.4, 0.5) is 0 Å². The van der Waals surface area contributed by atoms with Crippen LogP contribution in [0.2, 0.25) is 5.02 Å². The molecule has 3 aromatic carbocycles. The number of carbonyl (C=O) groups excluding carboxylic acids is 1. The zero-order valence-electron chi connectivity index (χ0n) is 21.1. The first kappa shape index (κ1) is 28.8. The SMILES string of the molecule is O=C(NC(Cc1ccc(O)cc1)C(=O)O)c1ccc(CN(Cc2ccccn2)S(=O)(=O)c2ccc(Cl)cc2)cc1. The Morgan fingerprint density at radius 1 is 0.875 bits per heavy atom. The summed E-state index contributed by atoms with van der Waals surface area (Å²) in [5.41, 5.74) is 2.03. The Hall–Kier alpha value is -4.25. The van der Waals surface area contributed by atoms with Crippen molar-refractivity contribution in [2.24, 2.45) is 0 Å². The van der Waals surface area contributed by atoms with Gasteiger partial charge in [0, 0.05) is 29.7 Å². The van der Waals surface area contributed by atoms with Crippen molar-refractivity contribution >= 4 is 33.5 Å². The molecule has 0 fully saturated rings. The van der Waals surface area contributed by atoms with E-state index in [1.807, 2.05) is 0 Å². The molecule has 0 saturated heterocycles. The fraction of sp³-hybridized carbons (Fsp3) is 0.138. The zero-order chi connectivity index (χ0) is 28.7. The number of aromatic nitrogens is 1. The summed E-state index contributed by atoms with van der Waals surface area (Å²) in [6.45, 7) is 0.0215. The number of aromatic hydroxyl groups is 1. The third-order valence-electron chi connectivity index (χ3n) is 6.07. The van der Waals surface area contributed by atoms with E-state index in [9.17, 15) is 28.2 Å². The maximum atomic E-state index is 13.5. The van der Waals surface area contributed by atoms with E-state index in [1.54, 1.807) is 48.7 Å². The van der Waals surface area contributed by atoms with Gasteiger partial charge in [0.15, 0.2) is 0 Å². The Kier molecular flexibility index (Phi) is 9.15. The number of benzene rings is 3. The van der Waals surface area contributed by atoms with Crippen molar-refractivity contribution in [1.29, 1.82) is 0 Å². The van der Waals surface area contributed by atoms with Gasteiger partial charge < -0.3 is 15.5 Å². The first-order valence-corrected chi connectivity index (χ1v) is 14.0. The highest BCUT2D eigenvalue weighted by molar-refractivity contribution is 7.89. The second kappa shape index (κ2) is 12.7. The number of hydrogen-bond donors (Lipinski definition) is 3. The van der Waals surface area contributed by atoms with Crippen molar-refractivity contribution in [1.82, 2.24) is 14.6 Å². The fourth-order valence-electron chi connectivity index (χ4n) is 3.93. The van der Waals surface area contributed by atoms with Crippen LogP contribution in [0.1, 0.15) is 27.2 Å². The molecule has 1 heterocycles. The number of aliphatic carboxylic acids is 1. The van der Waals surface area contributed by atoms with Gasteiger partial charge in [-0.15, -0.1) is 0 Å². The summed E-state index contributed by atoms with van der Waals surface area (Å²) in [6.07, 6.45) is 1.62.